The van der Waals surface area contributed by atoms with Gasteiger partial charge in [-0.2, -0.15) is 0 Å². The van der Waals surface area contributed by atoms with Crippen LogP contribution in [0.3, 0.4) is 0 Å². The highest BCUT2D eigenvalue weighted by atomic mass is 79.9. The minimum atomic E-state index is 0.133. The van der Waals surface area contributed by atoms with E-state index in [2.05, 4.69) is 28.9 Å². The summed E-state index contributed by atoms with van der Waals surface area (Å²) >= 11 is 3.71. The topological polar surface area (TPSA) is 44.5 Å². The summed E-state index contributed by atoms with van der Waals surface area (Å²) in [6.45, 7) is 4.28. The van der Waals surface area contributed by atoms with Crippen molar-refractivity contribution in [1.29, 1.82) is 0 Å². The first-order valence-corrected chi connectivity index (χ1v) is 7.76. The quantitative estimate of drug-likeness (QED) is 0.907. The van der Waals surface area contributed by atoms with E-state index in [4.69, 9.17) is 15.2 Å². The van der Waals surface area contributed by atoms with Gasteiger partial charge < -0.3 is 15.2 Å². The Morgan fingerprint density at radius 1 is 1.26 bits per heavy atom. The number of halogens is 1. The molecule has 3 nitrogen and oxygen atoms in total. The maximum Gasteiger partial charge on any atom is 0.164 e. The van der Waals surface area contributed by atoms with Crippen LogP contribution in [0.4, 0.5) is 0 Å². The summed E-state index contributed by atoms with van der Waals surface area (Å²) in [6.07, 6.45) is 4.53. The molecule has 1 heterocycles. The zero-order chi connectivity index (χ0) is 13.5. The van der Waals surface area contributed by atoms with E-state index in [0.717, 1.165) is 35.6 Å². The van der Waals surface area contributed by atoms with Crippen LogP contribution in [0.15, 0.2) is 10.5 Å². The Balaban J connectivity index is 2.13. The molecule has 0 atom stereocenters. The smallest absolute Gasteiger partial charge is 0.164 e. The standard InChI is InChI=1S/C15H20BrNO2/c1-10-13(15(9-17)4-2-5-15)11(16)8-12-14(10)19-7-3-6-18-12/h8H,2-7,9,17H2,1H3. The molecule has 2 aliphatic rings. The molecule has 4 heteroatoms. The fourth-order valence-electron chi connectivity index (χ4n) is 3.24. The summed E-state index contributed by atoms with van der Waals surface area (Å²) in [5, 5.41) is 0. The number of nitrogens with two attached hydrogens (primary N) is 1. The zero-order valence-corrected chi connectivity index (χ0v) is 12.9. The lowest BCUT2D eigenvalue weighted by Crippen LogP contribution is -2.42. The van der Waals surface area contributed by atoms with Crippen molar-refractivity contribution in [2.75, 3.05) is 19.8 Å². The molecule has 0 aromatic heterocycles. The molecule has 0 amide bonds. The summed E-state index contributed by atoms with van der Waals surface area (Å²) < 4.78 is 12.8. The Kier molecular flexibility index (Phi) is 3.48. The van der Waals surface area contributed by atoms with Gasteiger partial charge in [0, 0.05) is 22.9 Å². The highest BCUT2D eigenvalue weighted by molar-refractivity contribution is 9.10. The first-order valence-electron chi connectivity index (χ1n) is 6.97. The summed E-state index contributed by atoms with van der Waals surface area (Å²) in [5.74, 6) is 1.77. The molecular weight excluding hydrogens is 306 g/mol. The van der Waals surface area contributed by atoms with Crippen molar-refractivity contribution >= 4 is 15.9 Å². The Morgan fingerprint density at radius 2 is 2.00 bits per heavy atom. The minimum absolute atomic E-state index is 0.133. The third kappa shape index (κ3) is 2.05. The molecule has 1 fully saturated rings. The third-order valence-electron chi connectivity index (χ3n) is 4.46. The van der Waals surface area contributed by atoms with Crippen LogP contribution in [0.25, 0.3) is 0 Å². The van der Waals surface area contributed by atoms with Crippen LogP contribution in [0.2, 0.25) is 0 Å². The lowest BCUT2D eigenvalue weighted by Gasteiger charge is -2.43. The zero-order valence-electron chi connectivity index (χ0n) is 11.3. The average molecular weight is 326 g/mol. The van der Waals surface area contributed by atoms with Gasteiger partial charge in [-0.25, -0.2) is 0 Å². The fourth-order valence-corrected chi connectivity index (χ4v) is 4.17. The lowest BCUT2D eigenvalue weighted by atomic mass is 9.63. The predicted octanol–water partition coefficient (Wildman–Crippen LogP) is 3.30. The van der Waals surface area contributed by atoms with Crippen LogP contribution in [0, 0.1) is 6.92 Å². The van der Waals surface area contributed by atoms with Gasteiger partial charge in [0.05, 0.1) is 13.2 Å². The van der Waals surface area contributed by atoms with Crippen LogP contribution in [-0.4, -0.2) is 19.8 Å². The van der Waals surface area contributed by atoms with E-state index in [1.54, 1.807) is 0 Å². The van der Waals surface area contributed by atoms with Crippen molar-refractivity contribution in [3.8, 4) is 11.5 Å². The minimum Gasteiger partial charge on any atom is -0.490 e. The van der Waals surface area contributed by atoms with E-state index in [-0.39, 0.29) is 5.41 Å². The van der Waals surface area contributed by atoms with E-state index < -0.39 is 0 Å². The van der Waals surface area contributed by atoms with Crippen molar-refractivity contribution in [1.82, 2.24) is 0 Å². The van der Waals surface area contributed by atoms with E-state index >= 15 is 0 Å². The largest absolute Gasteiger partial charge is 0.490 e. The van der Waals surface area contributed by atoms with Gasteiger partial charge in [-0.15, -0.1) is 0 Å². The molecule has 1 aromatic carbocycles. The predicted molar refractivity (Wildman–Crippen MR) is 79.1 cm³/mol. The van der Waals surface area contributed by atoms with Gasteiger partial charge in [-0.3, -0.25) is 0 Å². The van der Waals surface area contributed by atoms with Crippen LogP contribution in [-0.2, 0) is 5.41 Å². The normalized spacial score (nSPS) is 20.6. The van der Waals surface area contributed by atoms with E-state index in [9.17, 15) is 0 Å². The number of hydrogen-bond acceptors (Lipinski definition) is 3. The second kappa shape index (κ2) is 4.98. The number of benzene rings is 1. The Hall–Kier alpha value is -0.740. The summed E-state index contributed by atoms with van der Waals surface area (Å²) in [7, 11) is 0. The van der Waals surface area contributed by atoms with Crippen molar-refractivity contribution in [3.05, 3.63) is 21.7 Å². The maximum atomic E-state index is 6.05. The first kappa shape index (κ1) is 13.3. The SMILES string of the molecule is Cc1c2c(cc(Br)c1C1(CN)CCC1)OCCCO2. The molecule has 2 N–H and O–H groups in total. The van der Waals surface area contributed by atoms with Crippen molar-refractivity contribution in [2.45, 2.75) is 38.0 Å². The molecule has 0 radical (unpaired) electrons. The number of rotatable bonds is 2. The van der Waals surface area contributed by atoms with Crippen molar-refractivity contribution in [3.63, 3.8) is 0 Å². The number of fused-ring (bicyclic) bond motifs is 1. The Labute approximate surface area is 122 Å². The molecule has 0 saturated heterocycles. The molecule has 3 rings (SSSR count). The van der Waals surface area contributed by atoms with E-state index in [1.165, 1.54) is 30.4 Å². The molecule has 1 aliphatic carbocycles. The van der Waals surface area contributed by atoms with Gasteiger partial charge in [-0.1, -0.05) is 22.4 Å². The van der Waals surface area contributed by atoms with E-state index in [0.29, 0.717) is 6.54 Å². The summed E-state index contributed by atoms with van der Waals surface area (Å²) in [6, 6.07) is 2.05. The van der Waals surface area contributed by atoms with E-state index in [1.807, 2.05) is 0 Å². The second-order valence-electron chi connectivity index (χ2n) is 5.57. The van der Waals surface area contributed by atoms with Gasteiger partial charge in [0.25, 0.3) is 0 Å². The monoisotopic (exact) mass is 325 g/mol. The molecule has 1 aromatic rings. The Bertz CT molecular complexity index is 492. The number of hydrogen-bond donors (Lipinski definition) is 1. The molecule has 1 saturated carbocycles. The second-order valence-corrected chi connectivity index (χ2v) is 6.43. The van der Waals surface area contributed by atoms with Gasteiger partial charge in [0.2, 0.25) is 0 Å². The van der Waals surface area contributed by atoms with Gasteiger partial charge >= 0.3 is 0 Å². The molecule has 104 valence electrons. The van der Waals surface area contributed by atoms with Crippen LogP contribution in [0.1, 0.15) is 36.8 Å². The average Bonchev–Trinajstić information content (AvgIpc) is 2.57. The van der Waals surface area contributed by atoms with Crippen molar-refractivity contribution < 1.29 is 9.47 Å². The third-order valence-corrected chi connectivity index (χ3v) is 5.09. The van der Waals surface area contributed by atoms with Gasteiger partial charge in [0.15, 0.2) is 11.5 Å². The van der Waals surface area contributed by atoms with Crippen LogP contribution >= 0.6 is 15.9 Å². The molecule has 1 aliphatic heterocycles. The highest BCUT2D eigenvalue weighted by Crippen LogP contribution is 2.51. The van der Waals surface area contributed by atoms with Gasteiger partial charge in [0.1, 0.15) is 0 Å². The molecule has 19 heavy (non-hydrogen) atoms. The highest BCUT2D eigenvalue weighted by Gasteiger charge is 2.41. The molecular formula is C15H20BrNO2. The Morgan fingerprint density at radius 3 is 2.63 bits per heavy atom. The van der Waals surface area contributed by atoms with Crippen LogP contribution in [0.5, 0.6) is 11.5 Å². The molecule has 0 spiro atoms. The lowest BCUT2D eigenvalue weighted by molar-refractivity contribution is 0.248. The summed E-state index contributed by atoms with van der Waals surface area (Å²) in [5.41, 5.74) is 8.70. The van der Waals surface area contributed by atoms with Crippen molar-refractivity contribution in [2.24, 2.45) is 5.73 Å². The fraction of sp³-hybridized carbons (Fsp3) is 0.600. The summed E-state index contributed by atoms with van der Waals surface area (Å²) in [4.78, 5) is 0. The van der Waals surface area contributed by atoms with Crippen LogP contribution < -0.4 is 15.2 Å². The number of ether oxygens (including phenoxy) is 2. The van der Waals surface area contributed by atoms with Gasteiger partial charge in [-0.05, 0) is 37.0 Å². The molecule has 0 bridgehead atoms. The first-order chi connectivity index (χ1) is 9.18. The maximum absolute atomic E-state index is 6.05. The molecule has 0 unspecified atom stereocenters.